The van der Waals surface area contributed by atoms with E-state index in [1.807, 2.05) is 17.9 Å². The first-order chi connectivity index (χ1) is 13.0. The molecule has 1 aliphatic rings. The van der Waals surface area contributed by atoms with Gasteiger partial charge >= 0.3 is 0 Å². The lowest BCUT2D eigenvalue weighted by molar-refractivity contribution is 0.371. The Kier molecular flexibility index (Phi) is 8.52. The minimum absolute atomic E-state index is 0. The molecule has 0 amide bonds. The lowest BCUT2D eigenvalue weighted by Gasteiger charge is -2.34. The Balaban J connectivity index is 0.00000280. The number of aromatic nitrogens is 4. The minimum Gasteiger partial charge on any atom is -0.367 e. The highest BCUT2D eigenvalue weighted by molar-refractivity contribution is 14.0. The molecule has 1 atom stereocenters. The Bertz CT molecular complexity index is 756. The summed E-state index contributed by atoms with van der Waals surface area (Å²) in [6.07, 6.45) is 6.92. The first kappa shape index (κ1) is 22.4. The Hall–Kier alpha value is -1.85. The molecule has 3 heterocycles. The number of aliphatic imine (C=N–C) groups is 1. The average Bonchev–Trinajstić information content (AvgIpc) is 3.30. The molecule has 0 spiro atoms. The molecule has 2 N–H and O–H groups in total. The van der Waals surface area contributed by atoms with Crippen LogP contribution in [-0.2, 0) is 13.5 Å². The molecular formula is C18H31IN8O. The molecule has 0 saturated carbocycles. The highest BCUT2D eigenvalue weighted by atomic mass is 127. The predicted molar refractivity (Wildman–Crippen MR) is 120 cm³/mol. The number of hydrogen-bond donors (Lipinski definition) is 2. The second-order valence-electron chi connectivity index (χ2n) is 7.25. The number of aryl methyl sites for hydroxylation is 1. The lowest BCUT2D eigenvalue weighted by atomic mass is 10.1. The third-order valence-electron chi connectivity index (χ3n) is 4.67. The van der Waals surface area contributed by atoms with E-state index < -0.39 is 0 Å². The summed E-state index contributed by atoms with van der Waals surface area (Å²) in [6, 6.07) is 0.348. The van der Waals surface area contributed by atoms with Crippen LogP contribution in [0.15, 0.2) is 21.9 Å². The first-order valence-electron chi connectivity index (χ1n) is 9.58. The lowest BCUT2D eigenvalue weighted by Crippen LogP contribution is -2.51. The van der Waals surface area contributed by atoms with Crippen LogP contribution in [0.5, 0.6) is 0 Å². The molecule has 3 rings (SSSR count). The summed E-state index contributed by atoms with van der Waals surface area (Å²) in [5, 5.41) is 15.1. The zero-order chi connectivity index (χ0) is 19.2. The molecule has 0 bridgehead atoms. The number of piperidine rings is 1. The number of rotatable bonds is 6. The second-order valence-corrected chi connectivity index (χ2v) is 7.25. The molecule has 9 nitrogen and oxygen atoms in total. The molecule has 10 heteroatoms. The summed E-state index contributed by atoms with van der Waals surface area (Å²) < 4.78 is 7.12. The molecule has 2 aromatic heterocycles. The van der Waals surface area contributed by atoms with Crippen molar-refractivity contribution in [2.24, 2.45) is 12.0 Å². The van der Waals surface area contributed by atoms with Crippen LogP contribution in [-0.4, -0.2) is 58.6 Å². The number of guanidine groups is 1. The highest BCUT2D eigenvalue weighted by Crippen LogP contribution is 2.18. The number of hydrogen-bond acceptors (Lipinski definition) is 6. The van der Waals surface area contributed by atoms with E-state index in [1.165, 1.54) is 5.69 Å². The third-order valence-corrected chi connectivity index (χ3v) is 4.67. The normalized spacial score (nSPS) is 17.5. The topological polar surface area (TPSA) is 96.4 Å². The van der Waals surface area contributed by atoms with Crippen LogP contribution in [0.2, 0.25) is 0 Å². The molecule has 156 valence electrons. The van der Waals surface area contributed by atoms with Gasteiger partial charge in [0.2, 0.25) is 5.89 Å². The largest absolute Gasteiger partial charge is 0.367 e. The van der Waals surface area contributed by atoms with E-state index in [1.54, 1.807) is 7.05 Å². The van der Waals surface area contributed by atoms with Gasteiger partial charge in [0.05, 0.1) is 11.9 Å². The Morgan fingerprint density at radius 2 is 2.25 bits per heavy atom. The van der Waals surface area contributed by atoms with Gasteiger partial charge in [0.25, 0.3) is 0 Å². The zero-order valence-corrected chi connectivity index (χ0v) is 19.4. The maximum absolute atomic E-state index is 5.28. The van der Waals surface area contributed by atoms with Crippen LogP contribution in [0.25, 0.3) is 0 Å². The molecule has 0 aromatic carbocycles. The van der Waals surface area contributed by atoms with Crippen molar-refractivity contribution >= 4 is 35.6 Å². The molecule has 28 heavy (non-hydrogen) atoms. The van der Waals surface area contributed by atoms with E-state index in [0.717, 1.165) is 37.7 Å². The number of nitrogens with zero attached hydrogens (tertiary/aromatic N) is 6. The molecule has 0 radical (unpaired) electrons. The van der Waals surface area contributed by atoms with Crippen LogP contribution in [0.3, 0.4) is 0 Å². The maximum atomic E-state index is 5.28. The van der Waals surface area contributed by atoms with Gasteiger partial charge in [0, 0.05) is 58.3 Å². The SMILES string of the molecule is CN=C(NCCc1nc(C(C)C)no1)NC1CCCN(c2cnn(C)c2)C1.I. The summed E-state index contributed by atoms with van der Waals surface area (Å²) in [6.45, 7) is 6.80. The summed E-state index contributed by atoms with van der Waals surface area (Å²) in [7, 11) is 3.74. The zero-order valence-electron chi connectivity index (χ0n) is 17.1. The molecule has 1 saturated heterocycles. The van der Waals surface area contributed by atoms with E-state index >= 15 is 0 Å². The van der Waals surface area contributed by atoms with E-state index in [-0.39, 0.29) is 29.9 Å². The average molecular weight is 502 g/mol. The van der Waals surface area contributed by atoms with Gasteiger partial charge in [-0.3, -0.25) is 9.67 Å². The van der Waals surface area contributed by atoms with Crippen molar-refractivity contribution in [3.8, 4) is 0 Å². The van der Waals surface area contributed by atoms with Crippen LogP contribution in [0.4, 0.5) is 5.69 Å². The smallest absolute Gasteiger partial charge is 0.228 e. The fraction of sp³-hybridized carbons (Fsp3) is 0.667. The predicted octanol–water partition coefficient (Wildman–Crippen LogP) is 1.92. The van der Waals surface area contributed by atoms with E-state index in [2.05, 4.69) is 55.8 Å². The van der Waals surface area contributed by atoms with Gasteiger partial charge in [0.15, 0.2) is 11.8 Å². The van der Waals surface area contributed by atoms with Crippen molar-refractivity contribution in [3.63, 3.8) is 0 Å². The van der Waals surface area contributed by atoms with Gasteiger partial charge in [-0.05, 0) is 12.8 Å². The molecule has 0 aliphatic carbocycles. The Morgan fingerprint density at radius 1 is 1.43 bits per heavy atom. The first-order valence-corrected chi connectivity index (χ1v) is 9.58. The van der Waals surface area contributed by atoms with Crippen LogP contribution in [0, 0.1) is 0 Å². The van der Waals surface area contributed by atoms with E-state index in [9.17, 15) is 0 Å². The van der Waals surface area contributed by atoms with Crippen LogP contribution in [0.1, 0.15) is 44.3 Å². The van der Waals surface area contributed by atoms with Gasteiger partial charge < -0.3 is 20.1 Å². The van der Waals surface area contributed by atoms with Crippen molar-refractivity contribution in [2.45, 2.75) is 45.1 Å². The van der Waals surface area contributed by atoms with Gasteiger partial charge in [-0.1, -0.05) is 19.0 Å². The standard InChI is InChI=1S/C18H30N8O.HI/c1-13(2)17-23-16(27-24-17)7-8-20-18(19-3)22-14-6-5-9-26(11-14)15-10-21-25(4)12-15;/h10,12-14H,5-9,11H2,1-4H3,(H2,19,20,22);1H. The summed E-state index contributed by atoms with van der Waals surface area (Å²) in [4.78, 5) is 11.1. The van der Waals surface area contributed by atoms with Crippen molar-refractivity contribution in [1.29, 1.82) is 0 Å². The van der Waals surface area contributed by atoms with Gasteiger partial charge in [-0.25, -0.2) is 0 Å². The van der Waals surface area contributed by atoms with Crippen molar-refractivity contribution in [3.05, 3.63) is 24.1 Å². The van der Waals surface area contributed by atoms with Gasteiger partial charge in [-0.15, -0.1) is 24.0 Å². The number of anilines is 1. The Morgan fingerprint density at radius 3 is 2.89 bits per heavy atom. The summed E-state index contributed by atoms with van der Waals surface area (Å²) in [5.41, 5.74) is 1.17. The van der Waals surface area contributed by atoms with Crippen molar-refractivity contribution < 1.29 is 4.52 Å². The van der Waals surface area contributed by atoms with Gasteiger partial charge in [0.1, 0.15) is 0 Å². The van der Waals surface area contributed by atoms with Crippen molar-refractivity contribution in [2.75, 3.05) is 31.6 Å². The molecule has 2 aromatic rings. The monoisotopic (exact) mass is 502 g/mol. The number of nitrogens with one attached hydrogen (secondary N) is 2. The fourth-order valence-electron chi connectivity index (χ4n) is 3.18. The number of halogens is 1. The fourth-order valence-corrected chi connectivity index (χ4v) is 3.18. The van der Waals surface area contributed by atoms with Gasteiger partial charge in [-0.2, -0.15) is 10.1 Å². The molecular weight excluding hydrogens is 471 g/mol. The van der Waals surface area contributed by atoms with Crippen LogP contribution < -0.4 is 15.5 Å². The molecule has 1 aliphatic heterocycles. The maximum Gasteiger partial charge on any atom is 0.228 e. The van der Waals surface area contributed by atoms with E-state index in [0.29, 0.717) is 24.9 Å². The van der Waals surface area contributed by atoms with Crippen molar-refractivity contribution in [1.82, 2.24) is 30.6 Å². The molecule has 1 fully saturated rings. The quantitative estimate of drug-likeness (QED) is 0.354. The third kappa shape index (κ3) is 6.08. The minimum atomic E-state index is 0. The highest BCUT2D eigenvalue weighted by Gasteiger charge is 2.21. The second kappa shape index (κ2) is 10.6. The van der Waals surface area contributed by atoms with E-state index in [4.69, 9.17) is 4.52 Å². The summed E-state index contributed by atoms with van der Waals surface area (Å²) >= 11 is 0. The molecule has 1 unspecified atom stereocenters. The van der Waals surface area contributed by atoms with Crippen LogP contribution >= 0.6 is 24.0 Å². The Labute approximate surface area is 183 Å². The summed E-state index contributed by atoms with van der Waals surface area (Å²) in [5.74, 6) is 2.49.